The molecule has 1 aliphatic heterocycles. The molecule has 0 saturated heterocycles. The molecule has 1 aliphatic rings. The van der Waals surface area contributed by atoms with Crippen LogP contribution in [0.5, 0.6) is 5.75 Å². The highest BCUT2D eigenvalue weighted by Gasteiger charge is 2.22. The van der Waals surface area contributed by atoms with E-state index in [1.54, 1.807) is 6.33 Å². The molecule has 0 radical (unpaired) electrons. The number of hydrogen-bond acceptors (Lipinski definition) is 6. The molecular weight excluding hydrogens is 394 g/mol. The highest BCUT2D eigenvalue weighted by Crippen LogP contribution is 2.36. The van der Waals surface area contributed by atoms with Gasteiger partial charge in [-0.3, -0.25) is 0 Å². The van der Waals surface area contributed by atoms with Crippen LogP contribution in [0, 0.1) is 6.92 Å². The molecule has 1 aromatic carbocycles. The van der Waals surface area contributed by atoms with E-state index in [1.807, 2.05) is 46.8 Å². The number of hydrogen-bond donors (Lipinski definition) is 1. The molecule has 0 aliphatic carbocycles. The zero-order valence-corrected chi connectivity index (χ0v) is 17.9. The summed E-state index contributed by atoms with van der Waals surface area (Å²) < 4.78 is 12.0. The van der Waals surface area contributed by atoms with Crippen LogP contribution in [-0.2, 0) is 13.1 Å². The van der Waals surface area contributed by atoms with Gasteiger partial charge in [0.15, 0.2) is 5.82 Å². The third-order valence-electron chi connectivity index (χ3n) is 5.33. The normalized spacial score (nSPS) is 13.1. The number of benzene rings is 1. The fraction of sp³-hybridized carbons (Fsp3) is 0.364. The lowest BCUT2D eigenvalue weighted by Crippen LogP contribution is -2.06. The largest absolute Gasteiger partial charge is 0.491 e. The van der Waals surface area contributed by atoms with Crippen molar-refractivity contribution >= 4 is 0 Å². The second kappa shape index (κ2) is 7.66. The van der Waals surface area contributed by atoms with Crippen LogP contribution in [0.15, 0.2) is 36.9 Å². The average molecular weight is 419 g/mol. The smallest absolute Gasteiger partial charge is 0.178 e. The first kappa shape index (κ1) is 19.5. The van der Waals surface area contributed by atoms with E-state index in [-0.39, 0.29) is 12.6 Å². The second-order valence-corrected chi connectivity index (χ2v) is 7.94. The van der Waals surface area contributed by atoms with Gasteiger partial charge >= 0.3 is 0 Å². The zero-order chi connectivity index (χ0) is 21.5. The first-order valence-electron chi connectivity index (χ1n) is 10.4. The first-order chi connectivity index (χ1) is 15.0. The zero-order valence-electron chi connectivity index (χ0n) is 17.9. The van der Waals surface area contributed by atoms with Gasteiger partial charge in [-0.25, -0.2) is 19.6 Å². The van der Waals surface area contributed by atoms with Gasteiger partial charge in [-0.1, -0.05) is 6.07 Å². The predicted octanol–water partition coefficient (Wildman–Crippen LogP) is 2.95. The number of aliphatic hydroxyl groups excluding tert-OH is 1. The molecule has 160 valence electrons. The maximum Gasteiger partial charge on any atom is 0.178 e. The average Bonchev–Trinajstić information content (AvgIpc) is 3.45. The van der Waals surface area contributed by atoms with Gasteiger partial charge in [-0.15, -0.1) is 0 Å². The van der Waals surface area contributed by atoms with E-state index >= 15 is 0 Å². The minimum absolute atomic E-state index is 0.0815. The number of aromatic nitrogens is 7. The summed E-state index contributed by atoms with van der Waals surface area (Å²) in [5, 5.41) is 13.7. The van der Waals surface area contributed by atoms with Crippen molar-refractivity contribution in [3.63, 3.8) is 0 Å². The quantitative estimate of drug-likeness (QED) is 0.534. The second-order valence-electron chi connectivity index (χ2n) is 7.94. The Balaban J connectivity index is 1.55. The number of ether oxygens (including phenoxy) is 1. The van der Waals surface area contributed by atoms with Gasteiger partial charge < -0.3 is 19.0 Å². The van der Waals surface area contributed by atoms with Crippen molar-refractivity contribution in [2.45, 2.75) is 39.9 Å². The summed E-state index contributed by atoms with van der Waals surface area (Å²) >= 11 is 0. The monoisotopic (exact) mass is 419 g/mol. The molecule has 0 spiro atoms. The Morgan fingerprint density at radius 3 is 2.81 bits per heavy atom. The molecule has 0 atom stereocenters. The number of rotatable bonds is 5. The fourth-order valence-corrected chi connectivity index (χ4v) is 3.86. The van der Waals surface area contributed by atoms with Crippen molar-refractivity contribution in [2.24, 2.45) is 0 Å². The summed E-state index contributed by atoms with van der Waals surface area (Å²) in [5.41, 5.74) is 3.55. The van der Waals surface area contributed by atoms with Crippen molar-refractivity contribution < 1.29 is 9.84 Å². The Labute approximate surface area is 180 Å². The number of imidazole rings is 2. The fourth-order valence-electron chi connectivity index (χ4n) is 3.86. The van der Waals surface area contributed by atoms with Gasteiger partial charge in [0.1, 0.15) is 29.7 Å². The minimum Gasteiger partial charge on any atom is -0.491 e. The number of nitrogens with zero attached hydrogens (tertiary/aromatic N) is 7. The topological polar surface area (TPSA) is 95.8 Å². The number of fused-ring (bicyclic) bond motifs is 3. The Kier molecular flexibility index (Phi) is 4.82. The molecule has 3 aromatic heterocycles. The maximum absolute atomic E-state index is 9.13. The lowest BCUT2D eigenvalue weighted by molar-refractivity contribution is 0.276. The van der Waals surface area contributed by atoms with Crippen molar-refractivity contribution in [1.29, 1.82) is 0 Å². The molecule has 0 bridgehead atoms. The summed E-state index contributed by atoms with van der Waals surface area (Å²) in [4.78, 5) is 14.0. The molecule has 0 fully saturated rings. The van der Waals surface area contributed by atoms with E-state index in [4.69, 9.17) is 14.8 Å². The molecule has 4 heterocycles. The van der Waals surface area contributed by atoms with Gasteiger partial charge in [0, 0.05) is 30.5 Å². The first-order valence-corrected chi connectivity index (χ1v) is 10.4. The van der Waals surface area contributed by atoms with Crippen LogP contribution < -0.4 is 4.74 Å². The number of aryl methyl sites for hydroxylation is 1. The van der Waals surface area contributed by atoms with Gasteiger partial charge in [0.25, 0.3) is 0 Å². The van der Waals surface area contributed by atoms with Crippen molar-refractivity contribution in [2.75, 3.05) is 13.2 Å². The van der Waals surface area contributed by atoms with E-state index in [9.17, 15) is 0 Å². The Morgan fingerprint density at radius 1 is 1.13 bits per heavy atom. The van der Waals surface area contributed by atoms with Crippen LogP contribution >= 0.6 is 0 Å². The lowest BCUT2D eigenvalue weighted by atomic mass is 10.1. The van der Waals surface area contributed by atoms with Crippen LogP contribution in [-0.4, -0.2) is 52.2 Å². The van der Waals surface area contributed by atoms with Gasteiger partial charge in [0.05, 0.1) is 30.7 Å². The van der Waals surface area contributed by atoms with Crippen LogP contribution in [0.1, 0.15) is 25.7 Å². The van der Waals surface area contributed by atoms with E-state index in [2.05, 4.69) is 33.5 Å². The molecule has 5 rings (SSSR count). The summed E-state index contributed by atoms with van der Waals surface area (Å²) in [6, 6.07) is 6.26. The van der Waals surface area contributed by atoms with Crippen LogP contribution in [0.25, 0.3) is 34.2 Å². The SMILES string of the molecule is Cc1nc(-c2cn3c(n2)-c2ccc(-c4cn(CCO)cn4)cc2OCC3)n(C(C)C)n1. The molecule has 0 saturated carbocycles. The molecular formula is C22H25N7O2. The summed E-state index contributed by atoms with van der Waals surface area (Å²) in [7, 11) is 0. The van der Waals surface area contributed by atoms with Crippen LogP contribution in [0.3, 0.4) is 0 Å². The maximum atomic E-state index is 9.13. The van der Waals surface area contributed by atoms with Gasteiger partial charge in [-0.05, 0) is 32.9 Å². The summed E-state index contributed by atoms with van der Waals surface area (Å²) in [6.07, 6.45) is 5.68. The summed E-state index contributed by atoms with van der Waals surface area (Å²) in [6.45, 7) is 7.93. The molecule has 0 unspecified atom stereocenters. The molecule has 4 aromatic rings. The standard InChI is InChI=1S/C22H25N7O2/c1-14(2)29-22(24-15(3)26-29)19-12-28-7-9-31-20-10-16(4-5-17(20)21(28)25-19)18-11-27(6-8-30)13-23-18/h4-5,10-14,30H,6-9H2,1-3H3. The van der Waals surface area contributed by atoms with Crippen molar-refractivity contribution in [3.05, 3.63) is 42.7 Å². The van der Waals surface area contributed by atoms with E-state index < -0.39 is 0 Å². The Morgan fingerprint density at radius 2 is 2.00 bits per heavy atom. The molecule has 9 heteroatoms. The van der Waals surface area contributed by atoms with Crippen LogP contribution in [0.2, 0.25) is 0 Å². The van der Waals surface area contributed by atoms with E-state index in [0.29, 0.717) is 19.7 Å². The molecule has 1 N–H and O–H groups in total. The highest BCUT2D eigenvalue weighted by molar-refractivity contribution is 5.73. The predicted molar refractivity (Wildman–Crippen MR) is 116 cm³/mol. The van der Waals surface area contributed by atoms with Crippen LogP contribution in [0.4, 0.5) is 0 Å². The van der Waals surface area contributed by atoms with Gasteiger partial charge in [0.2, 0.25) is 0 Å². The third kappa shape index (κ3) is 3.50. The molecule has 31 heavy (non-hydrogen) atoms. The van der Waals surface area contributed by atoms with Gasteiger partial charge in [-0.2, -0.15) is 5.10 Å². The molecule has 9 nitrogen and oxygen atoms in total. The van der Waals surface area contributed by atoms with Crippen molar-refractivity contribution in [3.8, 4) is 39.9 Å². The molecule has 0 amide bonds. The summed E-state index contributed by atoms with van der Waals surface area (Å²) in [5.74, 6) is 3.16. The van der Waals surface area contributed by atoms with E-state index in [1.165, 1.54) is 0 Å². The highest BCUT2D eigenvalue weighted by atomic mass is 16.5. The Hall–Kier alpha value is -3.46. The lowest BCUT2D eigenvalue weighted by Gasteiger charge is -2.09. The number of aliphatic hydroxyl groups is 1. The minimum atomic E-state index is 0.0815. The third-order valence-corrected chi connectivity index (χ3v) is 5.33. The van der Waals surface area contributed by atoms with E-state index in [0.717, 1.165) is 45.7 Å². The van der Waals surface area contributed by atoms with Crippen molar-refractivity contribution in [1.82, 2.24) is 33.9 Å². The Bertz CT molecular complexity index is 1230.